The molecule has 2 N–H and O–H groups in total. The van der Waals surface area contributed by atoms with E-state index in [1.165, 1.54) is 0 Å². The number of likely N-dealkylation sites (tertiary alicyclic amines) is 1. The second-order valence-electron chi connectivity index (χ2n) is 6.30. The van der Waals surface area contributed by atoms with Gasteiger partial charge in [-0.15, -0.1) is 17.5 Å². The highest BCUT2D eigenvalue weighted by Gasteiger charge is 2.30. The van der Waals surface area contributed by atoms with Crippen LogP contribution in [-0.2, 0) is 6.54 Å². The van der Waals surface area contributed by atoms with Gasteiger partial charge in [-0.2, -0.15) is 0 Å². The molecule has 3 rings (SSSR count). The first-order chi connectivity index (χ1) is 11.2. The molecule has 1 amide bonds. The largest absolute Gasteiger partial charge is 0.333 e. The number of hydrogen-bond donors (Lipinski definition) is 1. The van der Waals surface area contributed by atoms with Gasteiger partial charge in [0.25, 0.3) is 5.91 Å². The number of carbonyl (C=O) groups is 1. The number of halogens is 1. The van der Waals surface area contributed by atoms with Crippen molar-refractivity contribution in [1.29, 1.82) is 0 Å². The minimum absolute atomic E-state index is 0. The molecule has 0 bridgehead atoms. The summed E-state index contributed by atoms with van der Waals surface area (Å²) >= 11 is 0. The SMILES string of the molecule is CC1CCN(C(=O)c2cn(Cc3ccccc3)nn2)C(CN)C1.Cl. The van der Waals surface area contributed by atoms with Gasteiger partial charge in [-0.25, -0.2) is 4.68 Å². The van der Waals surface area contributed by atoms with Gasteiger partial charge in [0.1, 0.15) is 0 Å². The van der Waals surface area contributed by atoms with Gasteiger partial charge in [-0.3, -0.25) is 4.79 Å². The minimum Gasteiger partial charge on any atom is -0.333 e. The molecule has 2 atom stereocenters. The summed E-state index contributed by atoms with van der Waals surface area (Å²) in [7, 11) is 0. The number of carbonyl (C=O) groups excluding carboxylic acids is 1. The zero-order valence-corrected chi connectivity index (χ0v) is 14.7. The van der Waals surface area contributed by atoms with E-state index in [2.05, 4.69) is 17.2 Å². The molecular formula is C17H24ClN5O. The second kappa shape index (κ2) is 8.26. The Labute approximate surface area is 148 Å². The Morgan fingerprint density at radius 1 is 1.33 bits per heavy atom. The molecule has 0 spiro atoms. The highest BCUT2D eigenvalue weighted by molar-refractivity contribution is 5.92. The Hall–Kier alpha value is -1.92. The summed E-state index contributed by atoms with van der Waals surface area (Å²) in [5.74, 6) is 0.549. The predicted molar refractivity (Wildman–Crippen MR) is 95.1 cm³/mol. The van der Waals surface area contributed by atoms with Gasteiger partial charge in [0.15, 0.2) is 5.69 Å². The van der Waals surface area contributed by atoms with Crippen LogP contribution in [0, 0.1) is 5.92 Å². The Morgan fingerprint density at radius 2 is 2.08 bits per heavy atom. The van der Waals surface area contributed by atoms with Crippen LogP contribution in [-0.4, -0.2) is 44.9 Å². The standard InChI is InChI=1S/C17H23N5O.ClH/c1-13-7-8-22(15(9-13)10-18)17(23)16-12-21(20-19-16)11-14-5-3-2-4-6-14;/h2-6,12-13,15H,7-11,18H2,1H3;1H. The summed E-state index contributed by atoms with van der Waals surface area (Å²) in [6.07, 6.45) is 3.70. The van der Waals surface area contributed by atoms with Crippen LogP contribution in [0.5, 0.6) is 0 Å². The van der Waals surface area contributed by atoms with Gasteiger partial charge in [0.2, 0.25) is 0 Å². The van der Waals surface area contributed by atoms with Crippen molar-refractivity contribution < 1.29 is 4.79 Å². The number of nitrogens with two attached hydrogens (primary N) is 1. The highest BCUT2D eigenvalue weighted by Crippen LogP contribution is 2.23. The smallest absolute Gasteiger partial charge is 0.276 e. The van der Waals surface area contributed by atoms with Crippen molar-refractivity contribution in [2.75, 3.05) is 13.1 Å². The third-order valence-corrected chi connectivity index (χ3v) is 4.46. The number of hydrogen-bond acceptors (Lipinski definition) is 4. The van der Waals surface area contributed by atoms with Gasteiger partial charge in [0, 0.05) is 19.1 Å². The van der Waals surface area contributed by atoms with E-state index >= 15 is 0 Å². The maximum Gasteiger partial charge on any atom is 0.276 e. The summed E-state index contributed by atoms with van der Waals surface area (Å²) in [6.45, 7) is 4.06. The summed E-state index contributed by atoms with van der Waals surface area (Å²) in [5.41, 5.74) is 7.37. The predicted octanol–water partition coefficient (Wildman–Crippen LogP) is 1.95. The number of amides is 1. The van der Waals surface area contributed by atoms with Crippen molar-refractivity contribution in [2.45, 2.75) is 32.4 Å². The van der Waals surface area contributed by atoms with E-state index < -0.39 is 0 Å². The van der Waals surface area contributed by atoms with Gasteiger partial charge in [-0.1, -0.05) is 42.5 Å². The summed E-state index contributed by atoms with van der Waals surface area (Å²) in [6, 6.07) is 10.1. The normalized spacial score (nSPS) is 20.5. The zero-order chi connectivity index (χ0) is 16.2. The molecule has 1 aliphatic rings. The molecule has 24 heavy (non-hydrogen) atoms. The van der Waals surface area contributed by atoms with E-state index in [4.69, 9.17) is 5.73 Å². The number of rotatable bonds is 4. The van der Waals surface area contributed by atoms with E-state index in [1.54, 1.807) is 10.9 Å². The van der Waals surface area contributed by atoms with Crippen LogP contribution < -0.4 is 5.73 Å². The lowest BCUT2D eigenvalue weighted by Gasteiger charge is -2.37. The molecule has 0 aliphatic carbocycles. The maximum absolute atomic E-state index is 12.7. The fraction of sp³-hybridized carbons (Fsp3) is 0.471. The van der Waals surface area contributed by atoms with E-state index in [0.717, 1.165) is 24.9 Å². The van der Waals surface area contributed by atoms with Crippen molar-refractivity contribution in [3.8, 4) is 0 Å². The van der Waals surface area contributed by atoms with Crippen molar-refractivity contribution in [3.05, 3.63) is 47.8 Å². The van der Waals surface area contributed by atoms with E-state index in [1.807, 2.05) is 35.2 Å². The fourth-order valence-electron chi connectivity index (χ4n) is 3.13. The number of aromatic nitrogens is 3. The Kier molecular flexibility index (Phi) is 6.34. The molecular weight excluding hydrogens is 326 g/mol. The summed E-state index contributed by atoms with van der Waals surface area (Å²) in [4.78, 5) is 14.6. The molecule has 2 unspecified atom stereocenters. The molecule has 1 aromatic heterocycles. The fourth-order valence-corrected chi connectivity index (χ4v) is 3.13. The van der Waals surface area contributed by atoms with E-state index in [-0.39, 0.29) is 24.4 Å². The number of piperidine rings is 1. The molecule has 130 valence electrons. The van der Waals surface area contributed by atoms with Gasteiger partial charge in [-0.05, 0) is 24.3 Å². The molecule has 1 aliphatic heterocycles. The molecule has 2 heterocycles. The average Bonchev–Trinajstić information content (AvgIpc) is 3.03. The van der Waals surface area contributed by atoms with Crippen LogP contribution in [0.4, 0.5) is 0 Å². The van der Waals surface area contributed by atoms with E-state index in [0.29, 0.717) is 24.7 Å². The Morgan fingerprint density at radius 3 is 2.79 bits per heavy atom. The molecule has 2 aromatic rings. The van der Waals surface area contributed by atoms with Crippen LogP contribution in [0.25, 0.3) is 0 Å². The molecule has 1 saturated heterocycles. The summed E-state index contributed by atoms with van der Waals surface area (Å²) in [5, 5.41) is 8.14. The van der Waals surface area contributed by atoms with Crippen LogP contribution in [0.15, 0.2) is 36.5 Å². The first kappa shape index (κ1) is 18.4. The topological polar surface area (TPSA) is 77.0 Å². The number of benzene rings is 1. The molecule has 1 aromatic carbocycles. The van der Waals surface area contributed by atoms with Crippen LogP contribution >= 0.6 is 12.4 Å². The van der Waals surface area contributed by atoms with Gasteiger partial charge in [0.05, 0.1) is 12.7 Å². The molecule has 0 saturated carbocycles. The summed E-state index contributed by atoms with van der Waals surface area (Å²) < 4.78 is 1.70. The van der Waals surface area contributed by atoms with Crippen LogP contribution in [0.2, 0.25) is 0 Å². The molecule has 6 nitrogen and oxygen atoms in total. The monoisotopic (exact) mass is 349 g/mol. The average molecular weight is 350 g/mol. The second-order valence-corrected chi connectivity index (χ2v) is 6.30. The first-order valence-corrected chi connectivity index (χ1v) is 8.12. The lowest BCUT2D eigenvalue weighted by atomic mass is 9.92. The third-order valence-electron chi connectivity index (χ3n) is 4.46. The molecule has 0 radical (unpaired) electrons. The van der Waals surface area contributed by atoms with Crippen LogP contribution in [0.3, 0.4) is 0 Å². The maximum atomic E-state index is 12.7. The molecule has 7 heteroatoms. The third kappa shape index (κ3) is 4.13. The lowest BCUT2D eigenvalue weighted by Crippen LogP contribution is -2.49. The van der Waals surface area contributed by atoms with Gasteiger partial charge < -0.3 is 10.6 Å². The van der Waals surface area contributed by atoms with Crippen LogP contribution in [0.1, 0.15) is 35.8 Å². The van der Waals surface area contributed by atoms with E-state index in [9.17, 15) is 4.79 Å². The Bertz CT molecular complexity index is 660. The zero-order valence-electron chi connectivity index (χ0n) is 13.8. The van der Waals surface area contributed by atoms with Crippen molar-refractivity contribution in [2.24, 2.45) is 11.7 Å². The lowest BCUT2D eigenvalue weighted by molar-refractivity contribution is 0.0567. The van der Waals surface area contributed by atoms with Crippen molar-refractivity contribution >= 4 is 18.3 Å². The number of nitrogens with zero attached hydrogens (tertiary/aromatic N) is 4. The Balaban J connectivity index is 0.00000208. The highest BCUT2D eigenvalue weighted by atomic mass is 35.5. The quantitative estimate of drug-likeness (QED) is 0.915. The minimum atomic E-state index is -0.0633. The van der Waals surface area contributed by atoms with Gasteiger partial charge >= 0.3 is 0 Å². The van der Waals surface area contributed by atoms with Crippen molar-refractivity contribution in [1.82, 2.24) is 19.9 Å². The first-order valence-electron chi connectivity index (χ1n) is 8.12. The van der Waals surface area contributed by atoms with Crippen molar-refractivity contribution in [3.63, 3.8) is 0 Å². The molecule has 1 fully saturated rings.